The number of hydrogen-bond acceptors (Lipinski definition) is 3. The van der Waals surface area contributed by atoms with Crippen molar-refractivity contribution in [2.45, 2.75) is 11.6 Å². The first-order valence-corrected chi connectivity index (χ1v) is 19.6. The summed E-state index contributed by atoms with van der Waals surface area (Å²) in [7, 11) is 2.14. The Morgan fingerprint density at radius 2 is 0.947 bits per heavy atom. The van der Waals surface area contributed by atoms with Crippen LogP contribution in [0.4, 0.5) is 0 Å². The number of benzene rings is 8. The molecule has 0 fully saturated rings. The molecular weight excluding hydrogens is 693 g/mol. The normalized spacial score (nSPS) is 15.7. The molecule has 1 spiro atoms. The third-order valence-electron chi connectivity index (χ3n) is 12.0. The first kappa shape index (κ1) is 33.1. The van der Waals surface area contributed by atoms with E-state index >= 15 is 0 Å². The predicted molar refractivity (Wildman–Crippen MR) is 233 cm³/mol. The Balaban J connectivity index is 1.08. The maximum absolute atomic E-state index is 6.91. The highest BCUT2D eigenvalue weighted by Gasteiger charge is 2.50. The molecule has 8 aromatic carbocycles. The van der Waals surface area contributed by atoms with Gasteiger partial charge in [-0.15, -0.1) is 0 Å². The van der Waals surface area contributed by atoms with E-state index in [-0.39, 0.29) is 6.17 Å². The largest absolute Gasteiger partial charge is 0.457 e. The van der Waals surface area contributed by atoms with Crippen LogP contribution in [-0.4, -0.2) is 17.7 Å². The van der Waals surface area contributed by atoms with Gasteiger partial charge < -0.3 is 9.64 Å². The summed E-state index contributed by atoms with van der Waals surface area (Å²) in [4.78, 5) is 7.75. The fourth-order valence-corrected chi connectivity index (χ4v) is 9.52. The van der Waals surface area contributed by atoms with E-state index < -0.39 is 5.41 Å². The van der Waals surface area contributed by atoms with Gasteiger partial charge in [0.1, 0.15) is 17.7 Å². The van der Waals surface area contributed by atoms with Crippen molar-refractivity contribution in [2.75, 3.05) is 7.05 Å². The molecule has 2 aliphatic heterocycles. The van der Waals surface area contributed by atoms with Gasteiger partial charge in [-0.2, -0.15) is 0 Å². The SMILES string of the molecule is CN1C(c2ccccc2)=CC(c2ccccc2-c2ccccc2-c2ccc3c(c2)Oc2ccccc2C32c3ccccc3-c3ccccc32)=NC1c1ccccc1. The van der Waals surface area contributed by atoms with Gasteiger partial charge >= 0.3 is 0 Å². The average molecular weight is 731 g/mol. The lowest BCUT2D eigenvalue weighted by Crippen LogP contribution is -2.32. The molecule has 11 rings (SSSR count). The van der Waals surface area contributed by atoms with E-state index in [0.717, 1.165) is 67.4 Å². The Bertz CT molecular complexity index is 2860. The van der Waals surface area contributed by atoms with Gasteiger partial charge in [0.15, 0.2) is 0 Å². The van der Waals surface area contributed by atoms with Crippen molar-refractivity contribution in [3.63, 3.8) is 0 Å². The van der Waals surface area contributed by atoms with Crippen molar-refractivity contribution in [3.05, 3.63) is 245 Å². The minimum atomic E-state index is -0.494. The van der Waals surface area contributed by atoms with Gasteiger partial charge in [-0.05, 0) is 73.8 Å². The van der Waals surface area contributed by atoms with Crippen molar-refractivity contribution in [1.82, 2.24) is 4.90 Å². The molecular formula is C54H38N2O. The Labute approximate surface area is 333 Å². The molecule has 0 aromatic heterocycles. The Morgan fingerprint density at radius 3 is 1.63 bits per heavy atom. The molecule has 0 radical (unpaired) electrons. The standard InChI is InChI=1S/C54H38N2O/c1-56-50(36-18-4-2-5-19-36)35-49(55-53(56)37-20-6-3-7-21-37)44-27-11-10-24-41(44)40-23-9-8-22-39(40)38-32-33-48-52(34-38)57-51-31-17-16-30-47(51)54(48)45-28-14-12-25-42(45)43-26-13-15-29-46(43)54/h2-35,53H,1H3. The summed E-state index contributed by atoms with van der Waals surface area (Å²) in [5, 5.41) is 0. The lowest BCUT2D eigenvalue weighted by Gasteiger charge is -2.39. The lowest BCUT2D eigenvalue weighted by atomic mass is 9.66. The van der Waals surface area contributed by atoms with Gasteiger partial charge in [0, 0.05) is 29.4 Å². The second kappa shape index (κ2) is 13.2. The van der Waals surface area contributed by atoms with Gasteiger partial charge in [-0.25, -0.2) is 0 Å². The fraction of sp³-hybridized carbons (Fsp3) is 0.0556. The van der Waals surface area contributed by atoms with Crippen molar-refractivity contribution in [2.24, 2.45) is 4.99 Å². The summed E-state index contributed by atoms with van der Waals surface area (Å²) in [6.45, 7) is 0. The third kappa shape index (κ3) is 5.09. The number of rotatable bonds is 5. The number of fused-ring (bicyclic) bond motifs is 9. The minimum Gasteiger partial charge on any atom is -0.457 e. The summed E-state index contributed by atoms with van der Waals surface area (Å²) in [5.41, 5.74) is 17.0. The Kier molecular flexibility index (Phi) is 7.68. The zero-order chi connectivity index (χ0) is 37.9. The third-order valence-corrected chi connectivity index (χ3v) is 12.0. The van der Waals surface area contributed by atoms with Gasteiger partial charge in [0.25, 0.3) is 0 Å². The van der Waals surface area contributed by atoms with Crippen LogP contribution in [0.2, 0.25) is 0 Å². The van der Waals surface area contributed by atoms with Crippen LogP contribution in [-0.2, 0) is 5.41 Å². The van der Waals surface area contributed by atoms with Crippen molar-refractivity contribution < 1.29 is 4.74 Å². The van der Waals surface area contributed by atoms with Crippen LogP contribution < -0.4 is 4.74 Å². The Hall–Kier alpha value is -7.23. The molecule has 0 saturated carbocycles. The van der Waals surface area contributed by atoms with E-state index in [9.17, 15) is 0 Å². The number of para-hydroxylation sites is 1. The monoisotopic (exact) mass is 730 g/mol. The molecule has 2 heterocycles. The molecule has 1 atom stereocenters. The number of allylic oxidation sites excluding steroid dienone is 1. The molecule has 8 aromatic rings. The van der Waals surface area contributed by atoms with Gasteiger partial charge in [-0.3, -0.25) is 4.99 Å². The van der Waals surface area contributed by atoms with Gasteiger partial charge in [0.05, 0.1) is 11.1 Å². The average Bonchev–Trinajstić information content (AvgIpc) is 3.57. The smallest absolute Gasteiger partial charge is 0.147 e. The predicted octanol–water partition coefficient (Wildman–Crippen LogP) is 13.0. The highest BCUT2D eigenvalue weighted by atomic mass is 16.5. The maximum Gasteiger partial charge on any atom is 0.147 e. The molecule has 1 aliphatic carbocycles. The highest BCUT2D eigenvalue weighted by molar-refractivity contribution is 6.17. The molecule has 1 unspecified atom stereocenters. The lowest BCUT2D eigenvalue weighted by molar-refractivity contribution is 0.364. The summed E-state index contributed by atoms with van der Waals surface area (Å²) >= 11 is 0. The zero-order valence-electron chi connectivity index (χ0n) is 31.5. The zero-order valence-corrected chi connectivity index (χ0v) is 31.5. The van der Waals surface area contributed by atoms with Crippen LogP contribution >= 0.6 is 0 Å². The van der Waals surface area contributed by atoms with E-state index in [1.165, 1.54) is 27.8 Å². The van der Waals surface area contributed by atoms with E-state index in [1.54, 1.807) is 0 Å². The minimum absolute atomic E-state index is 0.177. The van der Waals surface area contributed by atoms with Crippen molar-refractivity contribution in [1.29, 1.82) is 0 Å². The van der Waals surface area contributed by atoms with Crippen LogP contribution in [0, 0.1) is 0 Å². The maximum atomic E-state index is 6.91. The highest BCUT2D eigenvalue weighted by Crippen LogP contribution is 2.62. The quantitative estimate of drug-likeness (QED) is 0.176. The second-order valence-corrected chi connectivity index (χ2v) is 15.0. The molecule has 3 heteroatoms. The summed E-state index contributed by atoms with van der Waals surface area (Å²) in [5.74, 6) is 1.77. The molecule has 3 aliphatic rings. The first-order chi connectivity index (χ1) is 28.2. The molecule has 0 amide bonds. The van der Waals surface area contributed by atoms with Gasteiger partial charge in [-0.1, -0.05) is 188 Å². The van der Waals surface area contributed by atoms with Crippen LogP contribution in [0.5, 0.6) is 11.5 Å². The van der Waals surface area contributed by atoms with E-state index in [2.05, 4.69) is 218 Å². The van der Waals surface area contributed by atoms with Gasteiger partial charge in [0.2, 0.25) is 0 Å². The Morgan fingerprint density at radius 1 is 0.439 bits per heavy atom. The molecule has 0 N–H and O–H groups in total. The number of nitrogens with zero attached hydrogens (tertiary/aromatic N) is 2. The second-order valence-electron chi connectivity index (χ2n) is 15.0. The van der Waals surface area contributed by atoms with Crippen molar-refractivity contribution >= 4 is 11.4 Å². The molecule has 0 bridgehead atoms. The summed E-state index contributed by atoms with van der Waals surface area (Å²) in [6, 6.07) is 71.8. The van der Waals surface area contributed by atoms with Crippen molar-refractivity contribution in [3.8, 4) is 44.9 Å². The van der Waals surface area contributed by atoms with E-state index in [0.29, 0.717) is 0 Å². The molecule has 57 heavy (non-hydrogen) atoms. The van der Waals surface area contributed by atoms with Crippen LogP contribution in [0.15, 0.2) is 211 Å². The molecule has 270 valence electrons. The van der Waals surface area contributed by atoms with Crippen LogP contribution in [0.25, 0.3) is 39.1 Å². The summed E-state index contributed by atoms with van der Waals surface area (Å²) in [6.07, 6.45) is 2.07. The fourth-order valence-electron chi connectivity index (χ4n) is 9.52. The first-order valence-electron chi connectivity index (χ1n) is 19.6. The number of aliphatic imine (C=N–C) groups is 1. The van der Waals surface area contributed by atoms with Crippen LogP contribution in [0.1, 0.15) is 45.1 Å². The molecule has 0 saturated heterocycles. The molecule has 3 nitrogen and oxygen atoms in total. The number of hydrogen-bond donors (Lipinski definition) is 0. The number of ether oxygens (including phenoxy) is 1. The summed E-state index contributed by atoms with van der Waals surface area (Å²) < 4.78 is 6.91. The topological polar surface area (TPSA) is 24.8 Å². The van der Waals surface area contributed by atoms with E-state index in [1.807, 2.05) is 0 Å². The van der Waals surface area contributed by atoms with E-state index in [4.69, 9.17) is 9.73 Å². The van der Waals surface area contributed by atoms with Crippen LogP contribution in [0.3, 0.4) is 0 Å².